The molecule has 7 heteroatoms. The predicted octanol–water partition coefficient (Wildman–Crippen LogP) is 2.30. The second kappa shape index (κ2) is 5.98. The lowest BCUT2D eigenvalue weighted by molar-refractivity contribution is 0.0696. The van der Waals surface area contributed by atoms with Gasteiger partial charge in [-0.2, -0.15) is 0 Å². The van der Waals surface area contributed by atoms with Crippen molar-refractivity contribution >= 4 is 34.2 Å². The van der Waals surface area contributed by atoms with Crippen LogP contribution in [-0.2, 0) is 6.42 Å². The summed E-state index contributed by atoms with van der Waals surface area (Å²) < 4.78 is 0. The number of hydrogen-bond acceptors (Lipinski definition) is 4. The van der Waals surface area contributed by atoms with E-state index in [1.807, 2.05) is 11.4 Å². The summed E-state index contributed by atoms with van der Waals surface area (Å²) >= 11 is 1.39. The van der Waals surface area contributed by atoms with Crippen molar-refractivity contribution in [2.45, 2.75) is 6.42 Å². The fraction of sp³-hybridized carbons (Fsp3) is 0.133. The van der Waals surface area contributed by atoms with Crippen LogP contribution in [0.15, 0.2) is 35.7 Å². The summed E-state index contributed by atoms with van der Waals surface area (Å²) in [6.45, 7) is 0.461. The van der Waals surface area contributed by atoms with E-state index in [1.165, 1.54) is 17.4 Å². The largest absolute Gasteiger partial charge is 0.478 e. The van der Waals surface area contributed by atoms with Crippen LogP contribution in [0.3, 0.4) is 0 Å². The van der Waals surface area contributed by atoms with E-state index in [2.05, 4.69) is 15.3 Å². The molecule has 1 amide bonds. The van der Waals surface area contributed by atoms with Gasteiger partial charge in [-0.3, -0.25) is 4.79 Å². The molecule has 1 aromatic carbocycles. The number of carbonyl (C=O) groups excluding carboxylic acids is 1. The number of nitrogens with zero attached hydrogens (tertiary/aromatic N) is 1. The van der Waals surface area contributed by atoms with Gasteiger partial charge in [0.25, 0.3) is 5.91 Å². The Labute approximate surface area is 129 Å². The Morgan fingerprint density at radius 1 is 1.32 bits per heavy atom. The molecule has 0 saturated carbocycles. The minimum Gasteiger partial charge on any atom is -0.478 e. The average molecular weight is 315 g/mol. The quantitative estimate of drug-likeness (QED) is 0.673. The molecule has 0 saturated heterocycles. The summed E-state index contributed by atoms with van der Waals surface area (Å²) in [5, 5.41) is 13.6. The number of benzene rings is 1. The third kappa shape index (κ3) is 2.99. The van der Waals surface area contributed by atoms with Gasteiger partial charge in [-0.1, -0.05) is 6.07 Å². The van der Waals surface area contributed by atoms with E-state index >= 15 is 0 Å². The first-order chi connectivity index (χ1) is 10.6. The van der Waals surface area contributed by atoms with Crippen molar-refractivity contribution < 1.29 is 14.7 Å². The first-order valence-electron chi connectivity index (χ1n) is 6.67. The van der Waals surface area contributed by atoms with Gasteiger partial charge in [0.2, 0.25) is 0 Å². The maximum absolute atomic E-state index is 11.8. The molecule has 3 N–H and O–H groups in total. The molecule has 0 spiro atoms. The van der Waals surface area contributed by atoms with Crippen molar-refractivity contribution in [1.29, 1.82) is 0 Å². The summed E-state index contributed by atoms with van der Waals surface area (Å²) in [5.74, 6) is -0.357. The zero-order valence-corrected chi connectivity index (χ0v) is 12.3. The van der Waals surface area contributed by atoms with E-state index in [4.69, 9.17) is 5.11 Å². The highest BCUT2D eigenvalue weighted by Gasteiger charge is 2.09. The monoisotopic (exact) mass is 315 g/mol. The Morgan fingerprint density at radius 3 is 2.91 bits per heavy atom. The number of rotatable bonds is 5. The second-order valence-corrected chi connectivity index (χ2v) is 5.65. The van der Waals surface area contributed by atoms with Gasteiger partial charge < -0.3 is 15.4 Å². The number of carbonyl (C=O) groups is 2. The molecule has 0 aliphatic heterocycles. The van der Waals surface area contributed by atoms with Crippen LogP contribution < -0.4 is 5.32 Å². The van der Waals surface area contributed by atoms with Crippen molar-refractivity contribution in [2.75, 3.05) is 6.54 Å². The number of carboxylic acid groups (broad SMARTS) is 1. The Balaban J connectivity index is 1.64. The van der Waals surface area contributed by atoms with E-state index in [9.17, 15) is 9.59 Å². The first-order valence-corrected chi connectivity index (χ1v) is 7.55. The molecule has 0 atom stereocenters. The van der Waals surface area contributed by atoms with Gasteiger partial charge in [-0.15, -0.1) is 11.3 Å². The number of aromatic amines is 1. The topological polar surface area (TPSA) is 95.1 Å². The van der Waals surface area contributed by atoms with Crippen LogP contribution in [0.4, 0.5) is 0 Å². The summed E-state index contributed by atoms with van der Waals surface area (Å²) in [6.07, 6.45) is 0.550. The van der Waals surface area contributed by atoms with E-state index in [0.717, 1.165) is 0 Å². The Kier molecular flexibility index (Phi) is 3.88. The lowest BCUT2D eigenvalue weighted by Gasteiger charge is -2.01. The molecule has 3 rings (SSSR count). The molecule has 0 aliphatic rings. The van der Waals surface area contributed by atoms with E-state index in [1.54, 1.807) is 18.2 Å². The molecular formula is C15H13N3O3S. The summed E-state index contributed by atoms with van der Waals surface area (Å²) in [5.41, 5.74) is 1.61. The van der Waals surface area contributed by atoms with Gasteiger partial charge in [0, 0.05) is 13.0 Å². The number of H-pyrrole nitrogens is 1. The van der Waals surface area contributed by atoms with Gasteiger partial charge in [-0.25, -0.2) is 9.78 Å². The number of nitrogens with one attached hydrogen (secondary N) is 2. The molecular weight excluding hydrogens is 302 g/mol. The van der Waals surface area contributed by atoms with Crippen LogP contribution in [0.1, 0.15) is 25.9 Å². The zero-order chi connectivity index (χ0) is 15.5. The summed E-state index contributed by atoms with van der Waals surface area (Å²) in [7, 11) is 0. The van der Waals surface area contributed by atoms with Crippen LogP contribution in [0.25, 0.3) is 11.0 Å². The molecule has 0 radical (unpaired) electrons. The number of carboxylic acids is 1. The van der Waals surface area contributed by atoms with Crippen molar-refractivity contribution in [2.24, 2.45) is 0 Å². The van der Waals surface area contributed by atoms with Crippen molar-refractivity contribution in [3.05, 3.63) is 52.0 Å². The molecule has 0 bridgehead atoms. The number of fused-ring (bicyclic) bond motifs is 1. The molecule has 6 nitrogen and oxygen atoms in total. The summed E-state index contributed by atoms with van der Waals surface area (Å²) in [4.78, 5) is 30.8. The fourth-order valence-corrected chi connectivity index (χ4v) is 2.74. The highest BCUT2D eigenvalue weighted by Crippen LogP contribution is 2.14. The van der Waals surface area contributed by atoms with Crippen LogP contribution in [0, 0.1) is 0 Å². The number of aromatic carboxylic acids is 1. The normalized spacial score (nSPS) is 10.7. The Hall–Kier alpha value is -2.67. The molecule has 3 aromatic rings. The molecule has 22 heavy (non-hydrogen) atoms. The summed E-state index contributed by atoms with van der Waals surface area (Å²) in [6, 6.07) is 8.35. The second-order valence-electron chi connectivity index (χ2n) is 4.70. The average Bonchev–Trinajstić information content (AvgIpc) is 3.15. The number of hydrogen-bond donors (Lipinski definition) is 3. The Morgan fingerprint density at radius 2 is 2.18 bits per heavy atom. The van der Waals surface area contributed by atoms with Crippen molar-refractivity contribution in [1.82, 2.24) is 15.3 Å². The van der Waals surface area contributed by atoms with Gasteiger partial charge in [-0.05, 0) is 29.6 Å². The lowest BCUT2D eigenvalue weighted by atomic mass is 10.2. The van der Waals surface area contributed by atoms with Crippen molar-refractivity contribution in [3.63, 3.8) is 0 Å². The molecule has 0 fully saturated rings. The van der Waals surface area contributed by atoms with Gasteiger partial charge in [0.15, 0.2) is 0 Å². The molecule has 0 unspecified atom stereocenters. The minimum absolute atomic E-state index is 0.0979. The van der Waals surface area contributed by atoms with Crippen LogP contribution in [0.2, 0.25) is 0 Å². The zero-order valence-electron chi connectivity index (χ0n) is 11.5. The van der Waals surface area contributed by atoms with E-state index in [-0.39, 0.29) is 11.5 Å². The van der Waals surface area contributed by atoms with Gasteiger partial charge >= 0.3 is 5.97 Å². The van der Waals surface area contributed by atoms with E-state index in [0.29, 0.717) is 34.7 Å². The standard InChI is InChI=1S/C15H13N3O3S/c19-14(12-2-1-7-22-12)16-6-5-13-17-10-4-3-9(15(20)21)8-11(10)18-13/h1-4,7-8H,5-6H2,(H,16,19)(H,17,18)(H,20,21). The predicted molar refractivity (Wildman–Crippen MR) is 83.4 cm³/mol. The first kappa shape index (κ1) is 14.3. The third-order valence-corrected chi connectivity index (χ3v) is 4.04. The third-order valence-electron chi connectivity index (χ3n) is 3.17. The Bertz CT molecular complexity index is 824. The number of imidazole rings is 1. The smallest absolute Gasteiger partial charge is 0.335 e. The highest BCUT2D eigenvalue weighted by molar-refractivity contribution is 7.12. The lowest BCUT2D eigenvalue weighted by Crippen LogP contribution is -2.25. The molecule has 2 heterocycles. The highest BCUT2D eigenvalue weighted by atomic mass is 32.1. The van der Waals surface area contributed by atoms with Crippen molar-refractivity contribution in [3.8, 4) is 0 Å². The maximum Gasteiger partial charge on any atom is 0.335 e. The van der Waals surface area contributed by atoms with Crippen LogP contribution in [0.5, 0.6) is 0 Å². The molecule has 2 aromatic heterocycles. The molecule has 0 aliphatic carbocycles. The van der Waals surface area contributed by atoms with Crippen LogP contribution >= 0.6 is 11.3 Å². The molecule has 112 valence electrons. The minimum atomic E-state index is -0.971. The maximum atomic E-state index is 11.8. The number of thiophene rings is 1. The number of aromatic nitrogens is 2. The number of amides is 1. The van der Waals surface area contributed by atoms with E-state index < -0.39 is 5.97 Å². The van der Waals surface area contributed by atoms with Gasteiger partial charge in [0.05, 0.1) is 21.5 Å². The van der Waals surface area contributed by atoms with Gasteiger partial charge in [0.1, 0.15) is 5.82 Å². The van der Waals surface area contributed by atoms with Crippen LogP contribution in [-0.4, -0.2) is 33.5 Å². The fourth-order valence-electron chi connectivity index (χ4n) is 2.10. The SMILES string of the molecule is O=C(O)c1ccc2nc(CCNC(=O)c3cccs3)[nH]c2c1.